The number of imidazole rings is 1. The monoisotopic (exact) mass is 493 g/mol. The molecule has 0 spiro atoms. The highest BCUT2D eigenvalue weighted by molar-refractivity contribution is 6.38. The number of ketones is 1. The third-order valence-corrected chi connectivity index (χ3v) is 6.74. The number of nitrogens with two attached hydrogens (primary N) is 1. The molecule has 9 nitrogen and oxygen atoms in total. The highest BCUT2D eigenvalue weighted by atomic mass is 35.5. The molecular weight excluding hydrogens is 469 g/mol. The Kier molecular flexibility index (Phi) is 6.90. The fourth-order valence-electron chi connectivity index (χ4n) is 4.22. The number of aromatic nitrogens is 2. The maximum Gasteiger partial charge on any atom is 0.240 e. The van der Waals surface area contributed by atoms with Crippen molar-refractivity contribution in [3.05, 3.63) is 28.0 Å². The van der Waals surface area contributed by atoms with Gasteiger partial charge in [-0.1, -0.05) is 36.0 Å². The molecule has 0 unspecified atom stereocenters. The lowest BCUT2D eigenvalue weighted by Gasteiger charge is -2.22. The van der Waals surface area contributed by atoms with Crippen LogP contribution in [0.3, 0.4) is 0 Å². The first-order chi connectivity index (χ1) is 15.7. The lowest BCUT2D eigenvalue weighted by Crippen LogP contribution is -2.48. The van der Waals surface area contributed by atoms with Crippen LogP contribution >= 0.6 is 23.2 Å². The number of hydrogen-bond donors (Lipinski definition) is 4. The molecule has 3 amide bonds. The Labute approximate surface area is 200 Å². The number of amides is 3. The van der Waals surface area contributed by atoms with E-state index in [0.29, 0.717) is 46.4 Å². The number of nitrogens with zero attached hydrogens (tertiary/aromatic N) is 1. The number of aromatic amines is 1. The second-order valence-electron chi connectivity index (χ2n) is 8.85. The first-order valence-electron chi connectivity index (χ1n) is 11.0. The predicted octanol–water partition coefficient (Wildman–Crippen LogP) is 2.36. The van der Waals surface area contributed by atoms with Crippen LogP contribution in [0.5, 0.6) is 0 Å². The van der Waals surface area contributed by atoms with Gasteiger partial charge in [-0.3, -0.25) is 19.2 Å². The van der Waals surface area contributed by atoms with Crippen molar-refractivity contribution in [3.8, 4) is 0 Å². The standard InChI is InChI=1S/C22H25Cl2N5O4/c23-13-8-14(24)18-15(9-13)27-20(29-18)17(30)7-12(5-10-1-2-10)22(33)28-16(19(25)31)6-11-3-4-26-21(11)32/h8-12,16H,1-7H2,(H2,25,31)(H,26,32)(H,27,29)(H,28,33)/t11-,12+,16-/m0/s1. The van der Waals surface area contributed by atoms with Gasteiger partial charge >= 0.3 is 0 Å². The van der Waals surface area contributed by atoms with Gasteiger partial charge in [-0.2, -0.15) is 0 Å². The molecule has 2 heterocycles. The van der Waals surface area contributed by atoms with E-state index in [1.54, 1.807) is 12.1 Å². The summed E-state index contributed by atoms with van der Waals surface area (Å²) in [4.78, 5) is 57.1. The minimum Gasteiger partial charge on any atom is -0.368 e. The first kappa shape index (κ1) is 23.5. The second kappa shape index (κ2) is 9.69. The third kappa shape index (κ3) is 5.65. The molecule has 3 atom stereocenters. The van der Waals surface area contributed by atoms with Gasteiger partial charge < -0.3 is 21.4 Å². The second-order valence-corrected chi connectivity index (χ2v) is 9.69. The molecule has 176 valence electrons. The zero-order valence-electron chi connectivity index (χ0n) is 17.8. The number of primary amides is 1. The lowest BCUT2D eigenvalue weighted by atomic mass is 9.93. The topological polar surface area (TPSA) is 147 Å². The smallest absolute Gasteiger partial charge is 0.240 e. The summed E-state index contributed by atoms with van der Waals surface area (Å²) >= 11 is 12.2. The Morgan fingerprint density at radius 3 is 2.58 bits per heavy atom. The summed E-state index contributed by atoms with van der Waals surface area (Å²) < 4.78 is 0. The number of rotatable bonds is 10. The minimum absolute atomic E-state index is 0.0805. The molecule has 11 heteroatoms. The minimum atomic E-state index is -0.977. The molecule has 2 aliphatic rings. The summed E-state index contributed by atoms with van der Waals surface area (Å²) in [5.41, 5.74) is 6.45. The first-order valence-corrected chi connectivity index (χ1v) is 11.7. The molecule has 1 aromatic heterocycles. The maximum atomic E-state index is 13.1. The van der Waals surface area contributed by atoms with Crippen LogP contribution in [-0.4, -0.2) is 46.1 Å². The summed E-state index contributed by atoms with van der Waals surface area (Å²) in [6.07, 6.45) is 3.17. The number of carbonyl (C=O) groups is 4. The van der Waals surface area contributed by atoms with Crippen molar-refractivity contribution in [2.45, 2.75) is 44.6 Å². The number of fused-ring (bicyclic) bond motifs is 1. The number of Topliss-reactive ketones (excluding diaryl/α,β-unsaturated/α-hetero) is 1. The predicted molar refractivity (Wildman–Crippen MR) is 123 cm³/mol. The van der Waals surface area contributed by atoms with Crippen molar-refractivity contribution >= 4 is 57.7 Å². The molecule has 4 rings (SSSR count). The molecule has 0 bridgehead atoms. The van der Waals surface area contributed by atoms with Gasteiger partial charge in [0.2, 0.25) is 17.7 Å². The van der Waals surface area contributed by atoms with Gasteiger partial charge in [0.15, 0.2) is 11.6 Å². The Bertz CT molecular complexity index is 1110. The number of hydrogen-bond acceptors (Lipinski definition) is 5. The average Bonchev–Trinajstić information content (AvgIpc) is 3.31. The fourth-order valence-corrected chi connectivity index (χ4v) is 4.76. The van der Waals surface area contributed by atoms with E-state index in [4.69, 9.17) is 28.9 Å². The van der Waals surface area contributed by atoms with Gasteiger partial charge in [-0.25, -0.2) is 4.98 Å². The van der Waals surface area contributed by atoms with Gasteiger partial charge in [0.25, 0.3) is 0 Å². The summed E-state index contributed by atoms with van der Waals surface area (Å²) in [7, 11) is 0. The molecule has 1 aliphatic carbocycles. The summed E-state index contributed by atoms with van der Waals surface area (Å²) in [5, 5.41) is 6.12. The number of halogens is 2. The van der Waals surface area contributed by atoms with E-state index in [1.165, 1.54) is 0 Å². The summed E-state index contributed by atoms with van der Waals surface area (Å²) in [5.74, 6) is -2.18. The van der Waals surface area contributed by atoms with Crippen molar-refractivity contribution in [2.75, 3.05) is 6.54 Å². The van der Waals surface area contributed by atoms with E-state index < -0.39 is 23.8 Å². The van der Waals surface area contributed by atoms with Crippen LogP contribution < -0.4 is 16.4 Å². The average molecular weight is 494 g/mol. The van der Waals surface area contributed by atoms with E-state index in [9.17, 15) is 19.2 Å². The van der Waals surface area contributed by atoms with Crippen molar-refractivity contribution in [1.82, 2.24) is 20.6 Å². The van der Waals surface area contributed by atoms with Crippen LogP contribution in [0.25, 0.3) is 11.0 Å². The van der Waals surface area contributed by atoms with Gasteiger partial charge in [-0.15, -0.1) is 0 Å². The zero-order valence-corrected chi connectivity index (χ0v) is 19.3. The maximum absolute atomic E-state index is 13.1. The molecular formula is C22H25Cl2N5O4. The fraction of sp³-hybridized carbons (Fsp3) is 0.500. The van der Waals surface area contributed by atoms with Gasteiger partial charge in [0.05, 0.1) is 10.5 Å². The van der Waals surface area contributed by atoms with E-state index in [-0.39, 0.29) is 36.3 Å². The van der Waals surface area contributed by atoms with E-state index in [0.717, 1.165) is 12.8 Å². The zero-order chi connectivity index (χ0) is 23.7. The largest absolute Gasteiger partial charge is 0.368 e. The van der Waals surface area contributed by atoms with Gasteiger partial charge in [0, 0.05) is 29.8 Å². The lowest BCUT2D eigenvalue weighted by molar-refractivity contribution is -0.131. The van der Waals surface area contributed by atoms with Crippen LogP contribution in [-0.2, 0) is 14.4 Å². The highest BCUT2D eigenvalue weighted by Crippen LogP contribution is 2.37. The molecule has 0 radical (unpaired) electrons. The van der Waals surface area contributed by atoms with E-state index in [2.05, 4.69) is 20.6 Å². The van der Waals surface area contributed by atoms with Crippen LogP contribution in [0, 0.1) is 17.8 Å². The molecule has 1 aromatic carbocycles. The molecule has 1 aliphatic heterocycles. The number of benzene rings is 1. The quantitative estimate of drug-likeness (QED) is 0.375. The number of H-pyrrole nitrogens is 1. The molecule has 33 heavy (non-hydrogen) atoms. The SMILES string of the molecule is NC(=O)[C@H](C[C@@H]1CCNC1=O)NC(=O)[C@@H](CC(=O)c1nc2c(Cl)cc(Cl)cc2[nH]1)CC1CC1. The third-order valence-electron chi connectivity index (χ3n) is 6.23. The Morgan fingerprint density at radius 1 is 1.18 bits per heavy atom. The van der Waals surface area contributed by atoms with E-state index in [1.807, 2.05) is 0 Å². The van der Waals surface area contributed by atoms with Crippen molar-refractivity contribution in [3.63, 3.8) is 0 Å². The molecule has 5 N–H and O–H groups in total. The van der Waals surface area contributed by atoms with Gasteiger partial charge in [0.1, 0.15) is 11.6 Å². The normalized spacial score (nSPS) is 19.8. The van der Waals surface area contributed by atoms with Crippen LogP contribution in [0.15, 0.2) is 12.1 Å². The summed E-state index contributed by atoms with van der Waals surface area (Å²) in [6, 6.07) is 2.19. The highest BCUT2D eigenvalue weighted by Gasteiger charge is 2.35. The van der Waals surface area contributed by atoms with Crippen LogP contribution in [0.2, 0.25) is 10.0 Å². The Hall–Kier alpha value is -2.65. The molecule has 2 fully saturated rings. The number of nitrogens with one attached hydrogen (secondary N) is 3. The van der Waals surface area contributed by atoms with Crippen molar-refractivity contribution in [2.24, 2.45) is 23.5 Å². The van der Waals surface area contributed by atoms with Crippen LogP contribution in [0.1, 0.15) is 49.1 Å². The van der Waals surface area contributed by atoms with Crippen molar-refractivity contribution < 1.29 is 19.2 Å². The Balaban J connectivity index is 1.47. The molecule has 1 saturated carbocycles. The Morgan fingerprint density at radius 2 is 1.94 bits per heavy atom. The number of carbonyl (C=O) groups excluding carboxylic acids is 4. The summed E-state index contributed by atoms with van der Waals surface area (Å²) in [6.45, 7) is 0.536. The molecule has 1 saturated heterocycles. The van der Waals surface area contributed by atoms with Gasteiger partial charge in [-0.05, 0) is 37.3 Å². The van der Waals surface area contributed by atoms with Crippen LogP contribution in [0.4, 0.5) is 0 Å². The molecule has 2 aromatic rings. The van der Waals surface area contributed by atoms with Crippen molar-refractivity contribution in [1.29, 1.82) is 0 Å². The van der Waals surface area contributed by atoms with E-state index >= 15 is 0 Å².